The first-order chi connectivity index (χ1) is 6.20. The van der Waals surface area contributed by atoms with Crippen molar-refractivity contribution in [3.63, 3.8) is 0 Å². The molecule has 1 aliphatic heterocycles. The highest BCUT2D eigenvalue weighted by Gasteiger charge is 2.22. The van der Waals surface area contributed by atoms with Crippen molar-refractivity contribution in [3.05, 3.63) is 0 Å². The Morgan fingerprint density at radius 2 is 2.46 bits per heavy atom. The molecule has 0 aromatic carbocycles. The molecule has 0 aliphatic carbocycles. The van der Waals surface area contributed by atoms with Gasteiger partial charge in [-0.25, -0.2) is 0 Å². The smallest absolute Gasteiger partial charge is 0.304 e. The molecule has 0 radical (unpaired) electrons. The molecule has 74 valence electrons. The van der Waals surface area contributed by atoms with Gasteiger partial charge in [0.15, 0.2) is 5.78 Å². The Kier molecular flexibility index (Phi) is 3.85. The van der Waals surface area contributed by atoms with E-state index < -0.39 is 5.97 Å². The molecule has 0 amide bonds. The molecule has 1 aliphatic rings. The van der Waals surface area contributed by atoms with E-state index in [1.165, 1.54) is 0 Å². The summed E-state index contributed by atoms with van der Waals surface area (Å²) in [5.41, 5.74) is 0. The fourth-order valence-corrected chi connectivity index (χ4v) is 1.29. The minimum atomic E-state index is -0.821. The van der Waals surface area contributed by atoms with Crippen LogP contribution in [0.3, 0.4) is 0 Å². The number of carboxylic acids is 1. The van der Waals surface area contributed by atoms with Crippen LogP contribution in [0.25, 0.3) is 0 Å². The van der Waals surface area contributed by atoms with Crippen molar-refractivity contribution in [3.8, 4) is 0 Å². The number of hydrogen-bond acceptors (Lipinski definition) is 4. The summed E-state index contributed by atoms with van der Waals surface area (Å²) >= 11 is 0. The Balaban J connectivity index is 2.05. The molecule has 1 heterocycles. The van der Waals surface area contributed by atoms with Crippen molar-refractivity contribution in [2.45, 2.75) is 18.9 Å². The highest BCUT2D eigenvalue weighted by molar-refractivity contribution is 5.86. The Morgan fingerprint density at radius 3 is 3.00 bits per heavy atom. The summed E-state index contributed by atoms with van der Waals surface area (Å²) in [6.07, 6.45) is 0.687. The van der Waals surface area contributed by atoms with Crippen molar-refractivity contribution < 1.29 is 14.7 Å². The van der Waals surface area contributed by atoms with Crippen LogP contribution in [0.1, 0.15) is 12.8 Å². The van der Waals surface area contributed by atoms with Gasteiger partial charge < -0.3 is 15.7 Å². The first kappa shape index (κ1) is 10.1. The quantitative estimate of drug-likeness (QED) is 0.479. The van der Waals surface area contributed by atoms with Gasteiger partial charge in [0.05, 0.1) is 12.5 Å². The molecule has 0 bridgehead atoms. The summed E-state index contributed by atoms with van der Waals surface area (Å²) in [5, 5.41) is 14.3. The molecule has 5 nitrogen and oxygen atoms in total. The van der Waals surface area contributed by atoms with Gasteiger partial charge >= 0.3 is 5.97 Å². The van der Waals surface area contributed by atoms with E-state index in [1.54, 1.807) is 0 Å². The van der Waals surface area contributed by atoms with Gasteiger partial charge in [-0.15, -0.1) is 0 Å². The van der Waals surface area contributed by atoms with E-state index >= 15 is 0 Å². The fourth-order valence-electron chi connectivity index (χ4n) is 1.29. The number of carbonyl (C=O) groups is 2. The van der Waals surface area contributed by atoms with Gasteiger partial charge in [-0.1, -0.05) is 0 Å². The summed E-state index contributed by atoms with van der Waals surface area (Å²) in [6, 6.07) is -0.117. The van der Waals surface area contributed by atoms with E-state index in [0.717, 1.165) is 6.54 Å². The van der Waals surface area contributed by atoms with E-state index in [2.05, 4.69) is 10.6 Å². The highest BCUT2D eigenvalue weighted by atomic mass is 16.4. The first-order valence-corrected chi connectivity index (χ1v) is 4.39. The van der Waals surface area contributed by atoms with E-state index in [9.17, 15) is 9.59 Å². The van der Waals surface area contributed by atoms with Crippen molar-refractivity contribution in [1.82, 2.24) is 10.6 Å². The number of ketones is 1. The molecule has 0 spiro atoms. The molecule has 1 saturated heterocycles. The molecule has 0 aromatic heterocycles. The van der Waals surface area contributed by atoms with E-state index in [0.29, 0.717) is 19.5 Å². The summed E-state index contributed by atoms with van der Waals surface area (Å²) < 4.78 is 0. The van der Waals surface area contributed by atoms with Crippen LogP contribution in [-0.4, -0.2) is 42.5 Å². The van der Waals surface area contributed by atoms with Crippen LogP contribution in [-0.2, 0) is 9.59 Å². The minimum absolute atomic E-state index is 0.0981. The summed E-state index contributed by atoms with van der Waals surface area (Å²) in [5.74, 6) is -0.610. The van der Waals surface area contributed by atoms with Gasteiger partial charge in [-0.2, -0.15) is 0 Å². The third-order valence-corrected chi connectivity index (χ3v) is 2.01. The van der Waals surface area contributed by atoms with Gasteiger partial charge in [0.25, 0.3) is 0 Å². The fraction of sp³-hybridized carbons (Fsp3) is 0.750. The maximum absolute atomic E-state index is 11.1. The molecule has 5 heteroatoms. The molecule has 1 atom stereocenters. The lowest BCUT2D eigenvalue weighted by molar-refractivity contribution is -0.136. The van der Waals surface area contributed by atoms with Crippen LogP contribution < -0.4 is 10.6 Å². The zero-order valence-electron chi connectivity index (χ0n) is 7.38. The lowest BCUT2D eigenvalue weighted by atomic mass is 10.2. The lowest BCUT2D eigenvalue weighted by Crippen LogP contribution is -2.38. The number of carboxylic acid groups (broad SMARTS) is 1. The van der Waals surface area contributed by atoms with Crippen LogP contribution in [0.15, 0.2) is 0 Å². The zero-order valence-corrected chi connectivity index (χ0v) is 7.38. The van der Waals surface area contributed by atoms with Gasteiger partial charge in [-0.05, 0) is 0 Å². The first-order valence-electron chi connectivity index (χ1n) is 4.39. The highest BCUT2D eigenvalue weighted by Crippen LogP contribution is 1.98. The summed E-state index contributed by atoms with van der Waals surface area (Å²) in [7, 11) is 0. The minimum Gasteiger partial charge on any atom is -0.481 e. The van der Waals surface area contributed by atoms with Crippen molar-refractivity contribution >= 4 is 11.8 Å². The predicted octanol–water partition coefficient (Wildman–Crippen LogP) is -1.02. The molecule has 1 rings (SSSR count). The third kappa shape index (κ3) is 3.52. The normalized spacial score (nSPS) is 22.2. The number of rotatable bonds is 5. The number of aliphatic carboxylic acids is 1. The zero-order chi connectivity index (χ0) is 9.68. The molecule has 0 aromatic rings. The molecule has 0 saturated carbocycles. The monoisotopic (exact) mass is 186 g/mol. The molecular formula is C8H14N2O3. The molecule has 13 heavy (non-hydrogen) atoms. The van der Waals surface area contributed by atoms with Crippen LogP contribution in [0.4, 0.5) is 0 Å². The average Bonchev–Trinajstić information content (AvgIpc) is 2.45. The molecule has 1 fully saturated rings. The Labute approximate surface area is 76.5 Å². The van der Waals surface area contributed by atoms with Crippen molar-refractivity contribution in [2.75, 3.05) is 19.6 Å². The Morgan fingerprint density at radius 1 is 1.69 bits per heavy atom. The van der Waals surface area contributed by atoms with Gasteiger partial charge in [0.1, 0.15) is 0 Å². The average molecular weight is 186 g/mol. The second-order valence-corrected chi connectivity index (χ2v) is 3.07. The van der Waals surface area contributed by atoms with Crippen molar-refractivity contribution in [1.29, 1.82) is 0 Å². The maximum Gasteiger partial charge on any atom is 0.304 e. The van der Waals surface area contributed by atoms with Crippen LogP contribution in [0.5, 0.6) is 0 Å². The van der Waals surface area contributed by atoms with E-state index in [1.807, 2.05) is 0 Å². The number of hydrogen-bond donors (Lipinski definition) is 3. The number of nitrogens with one attached hydrogen (secondary N) is 2. The lowest BCUT2D eigenvalue weighted by Gasteiger charge is -2.08. The van der Waals surface area contributed by atoms with Crippen LogP contribution >= 0.6 is 0 Å². The van der Waals surface area contributed by atoms with E-state index in [-0.39, 0.29) is 18.2 Å². The molecule has 3 N–H and O–H groups in total. The SMILES string of the molecule is O=C(O)CCNCC1NCCC1=O. The predicted molar refractivity (Wildman–Crippen MR) is 46.5 cm³/mol. The molecular weight excluding hydrogens is 172 g/mol. The van der Waals surface area contributed by atoms with Gasteiger partial charge in [0, 0.05) is 26.1 Å². The Hall–Kier alpha value is -0.940. The van der Waals surface area contributed by atoms with Crippen molar-refractivity contribution in [2.24, 2.45) is 0 Å². The third-order valence-electron chi connectivity index (χ3n) is 2.01. The van der Waals surface area contributed by atoms with Crippen LogP contribution in [0, 0.1) is 0 Å². The van der Waals surface area contributed by atoms with Crippen LogP contribution in [0.2, 0.25) is 0 Å². The standard InChI is InChI=1S/C8H14N2O3/c11-7-1-4-10-6(7)5-9-3-2-8(12)13/h6,9-10H,1-5H2,(H,12,13). The Bertz CT molecular complexity index is 206. The summed E-state index contributed by atoms with van der Waals surface area (Å²) in [4.78, 5) is 21.2. The maximum atomic E-state index is 11.1. The second-order valence-electron chi connectivity index (χ2n) is 3.07. The number of Topliss-reactive ketones (excluding diaryl/α,β-unsaturated/α-hetero) is 1. The second kappa shape index (κ2) is 4.94. The summed E-state index contributed by atoms with van der Waals surface area (Å²) in [6.45, 7) is 1.69. The largest absolute Gasteiger partial charge is 0.481 e. The van der Waals surface area contributed by atoms with E-state index in [4.69, 9.17) is 5.11 Å². The number of carbonyl (C=O) groups excluding carboxylic acids is 1. The topological polar surface area (TPSA) is 78.4 Å². The molecule has 1 unspecified atom stereocenters. The van der Waals surface area contributed by atoms with Gasteiger partial charge in [-0.3, -0.25) is 9.59 Å². The van der Waals surface area contributed by atoms with Gasteiger partial charge in [0.2, 0.25) is 0 Å².